The highest BCUT2D eigenvalue weighted by molar-refractivity contribution is 7.99. The monoisotopic (exact) mass is 215 g/mol. The second-order valence-electron chi connectivity index (χ2n) is 2.95. The number of hydrogen-bond donors (Lipinski definition) is 1. The van der Waals surface area contributed by atoms with Crippen molar-refractivity contribution in [2.75, 3.05) is 5.75 Å². The highest BCUT2D eigenvalue weighted by atomic mass is 32.2. The molecule has 0 spiro atoms. The number of Topliss-reactive ketones (excluding diaryl/α,β-unsaturated/α-hetero) is 1. The Labute approximate surface area is 85.9 Å². The van der Waals surface area contributed by atoms with Gasteiger partial charge in [0.05, 0.1) is 5.75 Å². The second kappa shape index (κ2) is 4.99. The third kappa shape index (κ3) is 2.73. The molecule has 0 aliphatic heterocycles. The van der Waals surface area contributed by atoms with Crippen molar-refractivity contribution in [1.29, 1.82) is 0 Å². The van der Waals surface area contributed by atoms with E-state index in [-0.39, 0.29) is 11.5 Å². The van der Waals surface area contributed by atoms with Crippen LogP contribution in [0.4, 0.5) is 0 Å². The van der Waals surface area contributed by atoms with Crippen LogP contribution in [0.5, 0.6) is 0 Å². The Hall–Kier alpha value is -1.04. The number of hydrogen-bond acceptors (Lipinski definition) is 4. The maximum atomic E-state index is 11.2. The molecule has 0 aliphatic carbocycles. The van der Waals surface area contributed by atoms with Crippen LogP contribution >= 0.6 is 11.8 Å². The number of nitrogens with zero attached hydrogens (tertiary/aromatic N) is 2. The van der Waals surface area contributed by atoms with Crippen molar-refractivity contribution >= 4 is 17.5 Å². The summed E-state index contributed by atoms with van der Waals surface area (Å²) >= 11 is 1.29. The Kier molecular flexibility index (Phi) is 3.94. The summed E-state index contributed by atoms with van der Waals surface area (Å²) in [5.74, 6) is 0.569. The Morgan fingerprint density at radius 3 is 2.86 bits per heavy atom. The van der Waals surface area contributed by atoms with Crippen LogP contribution in [0.15, 0.2) is 9.95 Å². The zero-order valence-corrected chi connectivity index (χ0v) is 9.06. The number of nitrogens with one attached hydrogen (secondary N) is 1. The predicted molar refractivity (Wildman–Crippen MR) is 54.5 cm³/mol. The fraction of sp³-hybridized carbons (Fsp3) is 0.625. The minimum absolute atomic E-state index is 0.188. The number of carbonyl (C=O) groups is 1. The van der Waals surface area contributed by atoms with Crippen molar-refractivity contribution in [3.05, 3.63) is 10.5 Å². The van der Waals surface area contributed by atoms with E-state index in [1.165, 1.54) is 16.3 Å². The van der Waals surface area contributed by atoms with E-state index in [0.29, 0.717) is 17.3 Å². The lowest BCUT2D eigenvalue weighted by molar-refractivity contribution is -0.116. The lowest BCUT2D eigenvalue weighted by atomic mass is 10.3. The van der Waals surface area contributed by atoms with Crippen LogP contribution < -0.4 is 5.69 Å². The highest BCUT2D eigenvalue weighted by Gasteiger charge is 2.07. The first-order valence-electron chi connectivity index (χ1n) is 4.41. The standard InChI is InChI=1S/C8H13N3O2S/c1-3-4-6(12)5-14-8-10-9-7(13)11(8)2/h3-5H2,1-2H3,(H,9,13). The molecule has 1 aromatic rings. The lowest BCUT2D eigenvalue weighted by Gasteiger charge is -1.98. The molecule has 0 aromatic carbocycles. The van der Waals surface area contributed by atoms with Gasteiger partial charge in [0.2, 0.25) is 0 Å². The van der Waals surface area contributed by atoms with Gasteiger partial charge in [-0.15, -0.1) is 5.10 Å². The first-order chi connectivity index (χ1) is 6.65. The van der Waals surface area contributed by atoms with Crippen LogP contribution in [0.1, 0.15) is 19.8 Å². The van der Waals surface area contributed by atoms with Gasteiger partial charge in [-0.3, -0.25) is 9.36 Å². The van der Waals surface area contributed by atoms with Crippen molar-refractivity contribution in [1.82, 2.24) is 14.8 Å². The summed E-state index contributed by atoms with van der Waals surface area (Å²) in [5.41, 5.74) is -0.254. The van der Waals surface area contributed by atoms with E-state index in [4.69, 9.17) is 0 Å². The van der Waals surface area contributed by atoms with Crippen LogP contribution in [0, 0.1) is 0 Å². The van der Waals surface area contributed by atoms with Gasteiger partial charge in [-0.1, -0.05) is 18.7 Å². The van der Waals surface area contributed by atoms with E-state index in [9.17, 15) is 9.59 Å². The summed E-state index contributed by atoms with van der Waals surface area (Å²) < 4.78 is 1.39. The molecule has 0 saturated heterocycles. The number of aromatic amines is 1. The van der Waals surface area contributed by atoms with E-state index in [1.54, 1.807) is 7.05 Å². The first-order valence-corrected chi connectivity index (χ1v) is 5.39. The van der Waals surface area contributed by atoms with Crippen LogP contribution in [-0.4, -0.2) is 26.3 Å². The van der Waals surface area contributed by atoms with E-state index < -0.39 is 0 Å². The van der Waals surface area contributed by atoms with E-state index in [0.717, 1.165) is 6.42 Å². The lowest BCUT2D eigenvalue weighted by Crippen LogP contribution is -2.13. The SMILES string of the molecule is CCCC(=O)CSc1n[nH]c(=O)n1C. The maximum absolute atomic E-state index is 11.2. The topological polar surface area (TPSA) is 67.8 Å². The summed E-state index contributed by atoms with van der Waals surface area (Å²) in [5, 5.41) is 6.66. The fourth-order valence-corrected chi connectivity index (χ4v) is 1.78. The minimum Gasteiger partial charge on any atom is -0.299 e. The third-order valence-electron chi connectivity index (χ3n) is 1.73. The minimum atomic E-state index is -0.254. The van der Waals surface area contributed by atoms with Crippen LogP contribution in [0.3, 0.4) is 0 Å². The number of carbonyl (C=O) groups excluding carboxylic acids is 1. The highest BCUT2D eigenvalue weighted by Crippen LogP contribution is 2.12. The predicted octanol–water partition coefficient (Wildman–Crippen LogP) is 0.570. The zero-order chi connectivity index (χ0) is 10.6. The molecule has 1 rings (SSSR count). The quantitative estimate of drug-likeness (QED) is 0.729. The second-order valence-corrected chi connectivity index (χ2v) is 3.89. The molecule has 14 heavy (non-hydrogen) atoms. The molecule has 0 amide bonds. The Bertz CT molecular complexity index is 369. The molecule has 0 fully saturated rings. The van der Waals surface area contributed by atoms with Crippen molar-refractivity contribution in [3.8, 4) is 0 Å². The van der Waals surface area contributed by atoms with Crippen molar-refractivity contribution in [3.63, 3.8) is 0 Å². The molecular weight excluding hydrogens is 202 g/mol. The maximum Gasteiger partial charge on any atom is 0.343 e. The molecule has 6 heteroatoms. The molecule has 1 aromatic heterocycles. The van der Waals surface area contributed by atoms with Crippen molar-refractivity contribution in [2.24, 2.45) is 7.05 Å². The average molecular weight is 215 g/mol. The van der Waals surface area contributed by atoms with Gasteiger partial charge in [0.1, 0.15) is 5.78 Å². The van der Waals surface area contributed by atoms with Gasteiger partial charge in [-0.25, -0.2) is 9.89 Å². The Balaban J connectivity index is 2.50. The molecule has 0 saturated carbocycles. The Morgan fingerprint density at radius 1 is 1.64 bits per heavy atom. The Morgan fingerprint density at radius 2 is 2.36 bits per heavy atom. The molecule has 0 atom stereocenters. The van der Waals surface area contributed by atoms with Crippen LogP contribution in [0.25, 0.3) is 0 Å². The number of H-pyrrole nitrogens is 1. The number of ketones is 1. The zero-order valence-electron chi connectivity index (χ0n) is 8.24. The van der Waals surface area contributed by atoms with Gasteiger partial charge in [0, 0.05) is 13.5 Å². The molecule has 0 aliphatic rings. The molecule has 1 heterocycles. The van der Waals surface area contributed by atoms with Crippen LogP contribution in [0.2, 0.25) is 0 Å². The number of aromatic nitrogens is 3. The number of thioether (sulfide) groups is 1. The number of rotatable bonds is 5. The van der Waals surface area contributed by atoms with Crippen molar-refractivity contribution < 1.29 is 4.79 Å². The summed E-state index contributed by atoms with van der Waals surface area (Å²) in [7, 11) is 1.62. The molecule has 78 valence electrons. The first kappa shape index (κ1) is 11.0. The van der Waals surface area contributed by atoms with Gasteiger partial charge in [-0.05, 0) is 6.42 Å². The van der Waals surface area contributed by atoms with Gasteiger partial charge in [-0.2, -0.15) is 0 Å². The summed E-state index contributed by atoms with van der Waals surface area (Å²) in [6.07, 6.45) is 1.45. The molecular formula is C8H13N3O2S. The molecule has 0 unspecified atom stereocenters. The van der Waals surface area contributed by atoms with E-state index in [2.05, 4.69) is 10.2 Å². The van der Waals surface area contributed by atoms with Crippen LogP contribution in [-0.2, 0) is 11.8 Å². The van der Waals surface area contributed by atoms with Gasteiger partial charge < -0.3 is 0 Å². The van der Waals surface area contributed by atoms with Gasteiger partial charge in [0.15, 0.2) is 5.16 Å². The van der Waals surface area contributed by atoms with E-state index in [1.807, 2.05) is 6.92 Å². The third-order valence-corrected chi connectivity index (χ3v) is 2.82. The fourth-order valence-electron chi connectivity index (χ4n) is 0.958. The van der Waals surface area contributed by atoms with Gasteiger partial charge >= 0.3 is 5.69 Å². The average Bonchev–Trinajstić information content (AvgIpc) is 2.46. The molecule has 1 N–H and O–H groups in total. The normalized spacial score (nSPS) is 10.4. The summed E-state index contributed by atoms with van der Waals surface area (Å²) in [6.45, 7) is 1.97. The summed E-state index contributed by atoms with van der Waals surface area (Å²) in [4.78, 5) is 22.1. The molecule has 0 radical (unpaired) electrons. The van der Waals surface area contributed by atoms with Crippen molar-refractivity contribution in [2.45, 2.75) is 24.9 Å². The molecule has 5 nitrogen and oxygen atoms in total. The smallest absolute Gasteiger partial charge is 0.299 e. The molecule has 0 bridgehead atoms. The van der Waals surface area contributed by atoms with Gasteiger partial charge in [0.25, 0.3) is 0 Å². The largest absolute Gasteiger partial charge is 0.343 e. The van der Waals surface area contributed by atoms with E-state index >= 15 is 0 Å². The summed E-state index contributed by atoms with van der Waals surface area (Å²) in [6, 6.07) is 0.